The van der Waals surface area contributed by atoms with Crippen molar-refractivity contribution < 1.29 is 41.9 Å². The Hall–Kier alpha value is -3.94. The molecule has 1 unspecified atom stereocenters. The summed E-state index contributed by atoms with van der Waals surface area (Å²) in [4.78, 5) is 66.9. The highest BCUT2D eigenvalue weighted by Crippen LogP contribution is 2.47. The van der Waals surface area contributed by atoms with Gasteiger partial charge in [0.05, 0.1) is 29.8 Å². The quantitative estimate of drug-likeness (QED) is 0.314. The largest absolute Gasteiger partial charge is 0.465 e. The lowest BCUT2D eigenvalue weighted by atomic mass is 9.93. The van der Waals surface area contributed by atoms with Crippen molar-refractivity contribution >= 4 is 45.5 Å². The van der Waals surface area contributed by atoms with Crippen LogP contribution in [0.25, 0.3) is 0 Å². The van der Waals surface area contributed by atoms with E-state index in [1.807, 2.05) is 12.2 Å². The fourth-order valence-electron chi connectivity index (χ4n) is 6.03. The standard InChI is InChI=1S/C30H38N4O9S/c1-34-13-6-4-3-5-9-19-17-30(19,28(38)33-44(40,41)22-11-12-22)32-25(35)23-15-21(16-24(23)26(34)36)43-29(39)31-20-10-7-8-18(14-20)27(37)42-2/h5,7-10,14,19,21-24H,3-4,6,11-13,15-17H2,1-2H3,(H,31,39)(H,32,35)(H,33,38)/b9-5-/t19?,21-,23-,24-,30-/m1/s1. The average Bonchev–Trinajstić information content (AvgIpc) is 3.91. The summed E-state index contributed by atoms with van der Waals surface area (Å²) >= 11 is 0. The van der Waals surface area contributed by atoms with E-state index in [-0.39, 0.29) is 36.7 Å². The van der Waals surface area contributed by atoms with Crippen LogP contribution in [0.3, 0.4) is 0 Å². The molecule has 14 heteroatoms. The molecule has 4 amide bonds. The molecule has 0 saturated heterocycles. The molecule has 5 atom stereocenters. The molecule has 0 radical (unpaired) electrons. The third-order valence-corrected chi connectivity index (χ3v) is 10.6. The van der Waals surface area contributed by atoms with Crippen molar-refractivity contribution in [2.24, 2.45) is 17.8 Å². The summed E-state index contributed by atoms with van der Waals surface area (Å²) in [6.07, 6.45) is 5.74. The smallest absolute Gasteiger partial charge is 0.411 e. The van der Waals surface area contributed by atoms with Gasteiger partial charge in [-0.1, -0.05) is 18.2 Å². The SMILES string of the molecule is COC(=O)c1cccc(NC(=O)O[C@@H]2C[C@H]3C(=O)N[C@]4(C(=O)NS(=O)(=O)C5CC5)CC4/C=C\CCCCN(C)C(=O)[C@@H]3C2)c1. The van der Waals surface area contributed by atoms with Crippen molar-refractivity contribution in [1.82, 2.24) is 14.9 Å². The number of carbonyl (C=O) groups is 5. The minimum absolute atomic E-state index is 0.0320. The number of nitrogens with zero attached hydrogens (tertiary/aromatic N) is 1. The zero-order valence-electron chi connectivity index (χ0n) is 24.7. The van der Waals surface area contributed by atoms with Gasteiger partial charge in [-0.05, 0) is 69.6 Å². The highest BCUT2D eigenvalue weighted by molar-refractivity contribution is 7.91. The summed E-state index contributed by atoms with van der Waals surface area (Å²) in [7, 11) is -0.926. The van der Waals surface area contributed by atoms with Crippen molar-refractivity contribution in [3.63, 3.8) is 0 Å². The highest BCUT2D eigenvalue weighted by atomic mass is 32.2. The van der Waals surface area contributed by atoms with Crippen LogP contribution in [0.1, 0.15) is 61.7 Å². The zero-order valence-corrected chi connectivity index (χ0v) is 25.6. The summed E-state index contributed by atoms with van der Waals surface area (Å²) in [5.74, 6) is -4.30. The van der Waals surface area contributed by atoms with E-state index in [2.05, 4.69) is 15.4 Å². The summed E-state index contributed by atoms with van der Waals surface area (Å²) in [5.41, 5.74) is -0.915. The number of amides is 4. The Labute approximate surface area is 256 Å². The Kier molecular flexibility index (Phi) is 9.00. The third-order valence-electron chi connectivity index (χ3n) is 8.80. The van der Waals surface area contributed by atoms with Crippen molar-refractivity contribution in [1.29, 1.82) is 0 Å². The van der Waals surface area contributed by atoms with Gasteiger partial charge in [0.15, 0.2) is 0 Å². The molecule has 5 rings (SSSR count). The van der Waals surface area contributed by atoms with Gasteiger partial charge < -0.3 is 19.7 Å². The van der Waals surface area contributed by atoms with Crippen LogP contribution in [0.5, 0.6) is 0 Å². The third kappa shape index (κ3) is 6.90. The minimum Gasteiger partial charge on any atom is -0.465 e. The molecule has 1 heterocycles. The monoisotopic (exact) mass is 630 g/mol. The molecule has 3 N–H and O–H groups in total. The molecule has 3 saturated carbocycles. The lowest BCUT2D eigenvalue weighted by Gasteiger charge is -2.26. The van der Waals surface area contributed by atoms with Crippen molar-refractivity contribution in [3.8, 4) is 0 Å². The maximum atomic E-state index is 13.8. The van der Waals surface area contributed by atoms with Gasteiger partial charge in [-0.15, -0.1) is 0 Å². The molecule has 1 aromatic rings. The van der Waals surface area contributed by atoms with E-state index in [1.54, 1.807) is 24.1 Å². The first kappa shape index (κ1) is 31.5. The van der Waals surface area contributed by atoms with Crippen LogP contribution in [0.4, 0.5) is 10.5 Å². The Morgan fingerprint density at radius 3 is 2.57 bits per heavy atom. The second-order valence-electron chi connectivity index (χ2n) is 12.0. The number of benzene rings is 1. The van der Waals surface area contributed by atoms with Gasteiger partial charge in [-0.25, -0.2) is 18.0 Å². The first-order valence-electron chi connectivity index (χ1n) is 14.9. The predicted octanol–water partition coefficient (Wildman–Crippen LogP) is 2.10. The molecule has 1 aliphatic heterocycles. The Bertz CT molecular complexity index is 1470. The first-order valence-corrected chi connectivity index (χ1v) is 16.4. The van der Waals surface area contributed by atoms with E-state index in [1.165, 1.54) is 19.2 Å². The molecule has 0 bridgehead atoms. The predicted molar refractivity (Wildman–Crippen MR) is 158 cm³/mol. The maximum absolute atomic E-state index is 13.8. The number of sulfonamides is 1. The number of hydrogen-bond donors (Lipinski definition) is 3. The molecule has 3 aliphatic carbocycles. The van der Waals surface area contributed by atoms with E-state index in [4.69, 9.17) is 9.47 Å². The van der Waals surface area contributed by atoms with Crippen molar-refractivity contribution in [3.05, 3.63) is 42.0 Å². The van der Waals surface area contributed by atoms with Crippen molar-refractivity contribution in [2.45, 2.75) is 68.3 Å². The van der Waals surface area contributed by atoms with Gasteiger partial charge in [-0.2, -0.15) is 0 Å². The zero-order chi connectivity index (χ0) is 31.6. The second-order valence-corrected chi connectivity index (χ2v) is 14.0. The Balaban J connectivity index is 1.33. The minimum atomic E-state index is -3.84. The molecule has 0 spiro atoms. The van der Waals surface area contributed by atoms with Crippen LogP contribution in [0, 0.1) is 17.8 Å². The van der Waals surface area contributed by atoms with E-state index in [0.29, 0.717) is 31.5 Å². The molecule has 4 aliphatic rings. The number of carbonyl (C=O) groups excluding carboxylic acids is 5. The Morgan fingerprint density at radius 2 is 1.84 bits per heavy atom. The van der Waals surface area contributed by atoms with E-state index < -0.39 is 62.6 Å². The number of anilines is 1. The van der Waals surface area contributed by atoms with Crippen molar-refractivity contribution in [2.75, 3.05) is 26.0 Å². The fraction of sp³-hybridized carbons (Fsp3) is 0.567. The molecular formula is C30H38N4O9S. The molecule has 0 aromatic heterocycles. The number of allylic oxidation sites excluding steroid dienone is 1. The van der Waals surface area contributed by atoms with Gasteiger partial charge in [-0.3, -0.25) is 24.4 Å². The van der Waals surface area contributed by atoms with Crippen LogP contribution in [0.2, 0.25) is 0 Å². The number of hydrogen-bond acceptors (Lipinski definition) is 9. The van der Waals surface area contributed by atoms with Crippen LogP contribution >= 0.6 is 0 Å². The maximum Gasteiger partial charge on any atom is 0.411 e. The van der Waals surface area contributed by atoms with E-state index >= 15 is 0 Å². The molecule has 1 aromatic carbocycles. The summed E-state index contributed by atoms with van der Waals surface area (Å²) in [6.45, 7) is 0.495. The Morgan fingerprint density at radius 1 is 1.09 bits per heavy atom. The van der Waals surface area contributed by atoms with E-state index in [9.17, 15) is 32.4 Å². The number of methoxy groups -OCH3 is 1. The highest BCUT2D eigenvalue weighted by Gasteiger charge is 2.62. The summed E-state index contributed by atoms with van der Waals surface area (Å²) in [5, 5.41) is 4.77. The van der Waals surface area contributed by atoms with Gasteiger partial charge in [0.1, 0.15) is 11.6 Å². The number of nitrogens with one attached hydrogen (secondary N) is 3. The van der Waals surface area contributed by atoms with Crippen LogP contribution in [0.15, 0.2) is 36.4 Å². The summed E-state index contributed by atoms with van der Waals surface area (Å²) in [6, 6.07) is 6.10. The molecular weight excluding hydrogens is 592 g/mol. The number of fused-ring (bicyclic) bond motifs is 2. The molecule has 3 fully saturated rings. The van der Waals surface area contributed by atoms with Crippen LogP contribution in [-0.4, -0.2) is 80.7 Å². The number of esters is 1. The molecule has 44 heavy (non-hydrogen) atoms. The topological polar surface area (TPSA) is 177 Å². The van der Waals surface area contributed by atoms with E-state index in [0.717, 1.165) is 12.8 Å². The lowest BCUT2D eigenvalue weighted by Crippen LogP contribution is -2.54. The summed E-state index contributed by atoms with van der Waals surface area (Å²) < 4.78 is 37.6. The van der Waals surface area contributed by atoms with Gasteiger partial charge in [0.25, 0.3) is 5.91 Å². The van der Waals surface area contributed by atoms with Gasteiger partial charge in [0.2, 0.25) is 21.8 Å². The average molecular weight is 631 g/mol. The normalized spacial score (nSPS) is 29.6. The fourth-order valence-corrected chi connectivity index (χ4v) is 7.40. The second kappa shape index (κ2) is 12.6. The number of ether oxygens (including phenoxy) is 2. The van der Waals surface area contributed by atoms with Gasteiger partial charge >= 0.3 is 12.1 Å². The van der Waals surface area contributed by atoms with Crippen LogP contribution < -0.4 is 15.4 Å². The first-order chi connectivity index (χ1) is 20.9. The molecule has 238 valence electrons. The van der Waals surface area contributed by atoms with Crippen LogP contribution in [-0.2, 0) is 33.9 Å². The number of rotatable bonds is 6. The molecule has 13 nitrogen and oxygen atoms in total. The van der Waals surface area contributed by atoms with Gasteiger partial charge in [0, 0.05) is 25.2 Å². The lowest BCUT2D eigenvalue weighted by molar-refractivity contribution is -0.140.